The molecule has 4 aliphatic carbocycles. The highest BCUT2D eigenvalue weighted by Gasteiger charge is 2.11. The maximum atomic E-state index is 2.30. The van der Waals surface area contributed by atoms with Gasteiger partial charge in [0.1, 0.15) is 0 Å². The van der Waals surface area contributed by atoms with Gasteiger partial charge in [0.05, 0.1) is 0 Å². The van der Waals surface area contributed by atoms with E-state index >= 15 is 0 Å². The molecule has 158 valence electrons. The van der Waals surface area contributed by atoms with Crippen LogP contribution >= 0.6 is 0 Å². The Morgan fingerprint density at radius 2 is 0.529 bits per heavy atom. The van der Waals surface area contributed by atoms with Crippen molar-refractivity contribution in [1.82, 2.24) is 0 Å². The van der Waals surface area contributed by atoms with E-state index in [1.807, 2.05) is 0 Å². The summed E-state index contributed by atoms with van der Waals surface area (Å²) in [6.45, 7) is 0. The maximum Gasteiger partial charge on any atom is -0.0105 e. The third kappa shape index (κ3) is 3.24. The quantitative estimate of drug-likeness (QED) is 0.225. The van der Waals surface area contributed by atoms with Gasteiger partial charge < -0.3 is 0 Å². The highest BCUT2D eigenvalue weighted by molar-refractivity contribution is 5.92. The summed E-state index contributed by atoms with van der Waals surface area (Å²) in [5.74, 6) is 0. The van der Waals surface area contributed by atoms with E-state index in [4.69, 9.17) is 0 Å². The molecule has 0 heterocycles. The van der Waals surface area contributed by atoms with Crippen LogP contribution in [0.1, 0.15) is 0 Å². The van der Waals surface area contributed by atoms with Gasteiger partial charge in [-0.05, 0) is 102 Å². The van der Waals surface area contributed by atoms with Gasteiger partial charge in [0.15, 0.2) is 0 Å². The van der Waals surface area contributed by atoms with Gasteiger partial charge in [0.2, 0.25) is 0 Å². The normalized spacial score (nSPS) is 11.5. The van der Waals surface area contributed by atoms with Crippen molar-refractivity contribution in [3.63, 3.8) is 0 Å². The van der Waals surface area contributed by atoms with E-state index in [-0.39, 0.29) is 0 Å². The number of benzene rings is 5. The smallest absolute Gasteiger partial charge is 0.0105 e. The minimum atomic E-state index is 1.21. The first kappa shape index (κ1) is 19.1. The summed E-state index contributed by atoms with van der Waals surface area (Å²) in [5, 5.41) is 4.85. The molecule has 0 atom stereocenters. The lowest BCUT2D eigenvalue weighted by Gasteiger charge is -2.14. The first-order chi connectivity index (χ1) is 16.8. The summed E-state index contributed by atoms with van der Waals surface area (Å²) in [4.78, 5) is 0. The van der Waals surface area contributed by atoms with E-state index in [0.29, 0.717) is 0 Å². The Hall–Kier alpha value is -4.42. The molecule has 6 aromatic rings. The van der Waals surface area contributed by atoms with Gasteiger partial charge in [-0.2, -0.15) is 0 Å². The number of hydrogen-bond acceptors (Lipinski definition) is 0. The van der Waals surface area contributed by atoms with E-state index < -0.39 is 0 Å². The topological polar surface area (TPSA) is 0 Å². The standard InChI is InChI=1S/C34H22/c1-3-7-33-29-19-23-9-11-25-18-26(12-10-24(17-23)20-29)22-30(21-25)34-8-4-2-6-32(34)28-15-13-27(14-16-28)31(33)5-1/h1-22H. The first-order valence-corrected chi connectivity index (χ1v) is 11.8. The molecule has 6 aromatic carbocycles. The largest absolute Gasteiger partial charge is 0.0616 e. The van der Waals surface area contributed by atoms with E-state index in [2.05, 4.69) is 133 Å². The molecule has 10 rings (SSSR count). The first-order valence-electron chi connectivity index (χ1n) is 11.8. The second-order valence-corrected chi connectivity index (χ2v) is 9.11. The molecule has 0 radical (unpaired) electrons. The Kier molecular flexibility index (Phi) is 4.25. The zero-order valence-electron chi connectivity index (χ0n) is 18.7. The molecule has 4 aliphatic rings. The molecule has 0 heteroatoms. The van der Waals surface area contributed by atoms with Crippen molar-refractivity contribution in [3.8, 4) is 44.5 Å². The molecule has 0 spiro atoms. The zero-order valence-corrected chi connectivity index (χ0v) is 18.7. The molecular formula is C34H22. The average molecular weight is 431 g/mol. The average Bonchev–Trinajstić information content (AvgIpc) is 2.90. The molecule has 0 aromatic heterocycles. The van der Waals surface area contributed by atoms with Crippen molar-refractivity contribution in [2.75, 3.05) is 0 Å². The minimum Gasteiger partial charge on any atom is -0.0616 e. The van der Waals surface area contributed by atoms with E-state index in [1.54, 1.807) is 0 Å². The van der Waals surface area contributed by atoms with Crippen LogP contribution in [-0.2, 0) is 0 Å². The predicted molar refractivity (Wildman–Crippen MR) is 146 cm³/mol. The molecule has 0 amide bonds. The number of hydrogen-bond donors (Lipinski definition) is 0. The van der Waals surface area contributed by atoms with Crippen LogP contribution in [0.4, 0.5) is 0 Å². The molecule has 34 heavy (non-hydrogen) atoms. The summed E-state index contributed by atoms with van der Waals surface area (Å²) in [6, 6.07) is 49.2. The van der Waals surface area contributed by atoms with Crippen molar-refractivity contribution in [2.24, 2.45) is 0 Å². The van der Waals surface area contributed by atoms with Gasteiger partial charge in [0, 0.05) is 0 Å². The van der Waals surface area contributed by atoms with Gasteiger partial charge in [-0.1, -0.05) is 97.1 Å². The monoisotopic (exact) mass is 430 g/mol. The fourth-order valence-electron chi connectivity index (χ4n) is 5.24. The number of rotatable bonds is 0. The Bertz CT molecular complexity index is 1550. The Labute approximate surface area is 199 Å². The van der Waals surface area contributed by atoms with E-state index in [9.17, 15) is 0 Å². The van der Waals surface area contributed by atoms with Crippen LogP contribution in [0.3, 0.4) is 0 Å². The summed E-state index contributed by atoms with van der Waals surface area (Å²) in [6.07, 6.45) is 0. The third-order valence-corrected chi connectivity index (χ3v) is 6.87. The summed E-state index contributed by atoms with van der Waals surface area (Å²) < 4.78 is 0. The van der Waals surface area contributed by atoms with Crippen molar-refractivity contribution in [2.45, 2.75) is 0 Å². The van der Waals surface area contributed by atoms with E-state index in [0.717, 1.165) is 0 Å². The highest BCUT2D eigenvalue weighted by Crippen LogP contribution is 2.37. The summed E-state index contributed by atoms with van der Waals surface area (Å²) >= 11 is 0. The molecule has 0 nitrogen and oxygen atoms in total. The van der Waals surface area contributed by atoms with Crippen molar-refractivity contribution < 1.29 is 0 Å². The molecular weight excluding hydrogens is 408 g/mol. The second-order valence-electron chi connectivity index (χ2n) is 9.11. The lowest BCUT2D eigenvalue weighted by molar-refractivity contribution is 1.57. The molecule has 0 saturated heterocycles. The summed E-state index contributed by atoms with van der Waals surface area (Å²) in [7, 11) is 0. The van der Waals surface area contributed by atoms with Crippen molar-refractivity contribution in [1.29, 1.82) is 0 Å². The lowest BCUT2D eigenvalue weighted by Crippen LogP contribution is -1.88. The maximum absolute atomic E-state index is 2.30. The molecule has 0 fully saturated rings. The van der Waals surface area contributed by atoms with Gasteiger partial charge >= 0.3 is 0 Å². The van der Waals surface area contributed by atoms with Crippen LogP contribution in [0.5, 0.6) is 0 Å². The predicted octanol–water partition coefficient (Wildman–Crippen LogP) is 9.54. The van der Waals surface area contributed by atoms with Crippen molar-refractivity contribution >= 4 is 21.5 Å². The van der Waals surface area contributed by atoms with Crippen LogP contribution < -0.4 is 0 Å². The molecule has 0 aliphatic heterocycles. The second kappa shape index (κ2) is 7.57. The van der Waals surface area contributed by atoms with E-state index in [1.165, 1.54) is 66.1 Å². The molecule has 0 unspecified atom stereocenters. The van der Waals surface area contributed by atoms with Gasteiger partial charge in [-0.25, -0.2) is 0 Å². The third-order valence-electron chi connectivity index (χ3n) is 6.87. The van der Waals surface area contributed by atoms with Crippen LogP contribution in [-0.4, -0.2) is 0 Å². The Morgan fingerprint density at radius 3 is 0.853 bits per heavy atom. The summed E-state index contributed by atoms with van der Waals surface area (Å²) in [5.41, 5.74) is 9.97. The van der Waals surface area contributed by atoms with Crippen LogP contribution in [0.2, 0.25) is 0 Å². The van der Waals surface area contributed by atoms with Crippen LogP contribution in [0.25, 0.3) is 66.1 Å². The van der Waals surface area contributed by atoms with Crippen LogP contribution in [0.15, 0.2) is 133 Å². The zero-order chi connectivity index (χ0) is 22.5. The fourth-order valence-corrected chi connectivity index (χ4v) is 5.24. The minimum absolute atomic E-state index is 1.21. The Balaban J connectivity index is 1.68. The van der Waals surface area contributed by atoms with Gasteiger partial charge in [-0.3, -0.25) is 0 Å². The van der Waals surface area contributed by atoms with Crippen molar-refractivity contribution in [3.05, 3.63) is 133 Å². The fraction of sp³-hybridized carbons (Fsp3) is 0. The Morgan fingerprint density at radius 1 is 0.235 bits per heavy atom. The van der Waals surface area contributed by atoms with Gasteiger partial charge in [-0.15, -0.1) is 0 Å². The van der Waals surface area contributed by atoms with Crippen LogP contribution in [0, 0.1) is 0 Å². The lowest BCUT2D eigenvalue weighted by atomic mass is 9.90. The highest BCUT2D eigenvalue weighted by atomic mass is 14.2. The molecule has 0 N–H and O–H groups in total. The van der Waals surface area contributed by atoms with Gasteiger partial charge in [0.25, 0.3) is 0 Å². The SMILES string of the molecule is c1ccc2c(c1)-c1ccc(cc1)-c1ccccc1-c1cc3ccc4cc-2cc(ccc(c1)c3)c4. The molecule has 8 bridgehead atoms. The molecule has 0 saturated carbocycles.